The molecular weight excluding hydrogens is 336 g/mol. The van der Waals surface area contributed by atoms with Crippen LogP contribution in [0.25, 0.3) is 0 Å². The summed E-state index contributed by atoms with van der Waals surface area (Å²) in [4.78, 5) is 7.08. The van der Waals surface area contributed by atoms with Crippen LogP contribution in [0.5, 0.6) is 0 Å². The summed E-state index contributed by atoms with van der Waals surface area (Å²) in [5.41, 5.74) is 2.03. The molecule has 1 saturated heterocycles. The second-order valence-corrected chi connectivity index (χ2v) is 8.40. The molecule has 4 heteroatoms. The van der Waals surface area contributed by atoms with E-state index in [1.807, 2.05) is 30.3 Å². The maximum absolute atomic E-state index is 11.6. The average molecular weight is 364 g/mol. The van der Waals surface area contributed by atoms with Crippen LogP contribution in [-0.4, -0.2) is 41.1 Å². The number of piperidine rings is 1. The molecule has 0 bridgehead atoms. The van der Waals surface area contributed by atoms with Crippen LogP contribution >= 0.6 is 0 Å². The molecule has 2 aliphatic heterocycles. The van der Waals surface area contributed by atoms with Crippen molar-refractivity contribution in [2.45, 2.75) is 44.4 Å². The van der Waals surface area contributed by atoms with Crippen LogP contribution in [0.3, 0.4) is 0 Å². The van der Waals surface area contributed by atoms with Gasteiger partial charge in [-0.25, -0.2) is 4.99 Å². The SMILES string of the molecule is CC1(C)COC(c2ccccc2C2(O)CCCN(Cc3ccccc3)C2)=N1. The molecule has 4 rings (SSSR count). The van der Waals surface area contributed by atoms with Crippen molar-refractivity contribution in [3.05, 3.63) is 71.3 Å². The topological polar surface area (TPSA) is 45.1 Å². The summed E-state index contributed by atoms with van der Waals surface area (Å²) >= 11 is 0. The van der Waals surface area contributed by atoms with Crippen molar-refractivity contribution in [2.24, 2.45) is 4.99 Å². The lowest BCUT2D eigenvalue weighted by atomic mass is 9.83. The molecule has 142 valence electrons. The van der Waals surface area contributed by atoms with Crippen LogP contribution in [0.15, 0.2) is 59.6 Å². The van der Waals surface area contributed by atoms with E-state index in [-0.39, 0.29) is 5.54 Å². The Hall–Kier alpha value is -2.17. The molecule has 0 radical (unpaired) electrons. The Bertz CT molecular complexity index is 831. The quantitative estimate of drug-likeness (QED) is 0.899. The molecule has 0 aliphatic carbocycles. The van der Waals surface area contributed by atoms with Crippen LogP contribution in [0.2, 0.25) is 0 Å². The predicted octanol–water partition coefficient (Wildman–Crippen LogP) is 3.73. The summed E-state index contributed by atoms with van der Waals surface area (Å²) in [6.45, 7) is 7.20. The van der Waals surface area contributed by atoms with Gasteiger partial charge in [0.1, 0.15) is 12.2 Å². The van der Waals surface area contributed by atoms with E-state index >= 15 is 0 Å². The molecule has 1 unspecified atom stereocenters. The maximum Gasteiger partial charge on any atom is 0.217 e. The van der Waals surface area contributed by atoms with Gasteiger partial charge in [0.05, 0.1) is 5.54 Å². The van der Waals surface area contributed by atoms with Gasteiger partial charge >= 0.3 is 0 Å². The van der Waals surface area contributed by atoms with Gasteiger partial charge in [-0.15, -0.1) is 0 Å². The third kappa shape index (κ3) is 3.92. The predicted molar refractivity (Wildman–Crippen MR) is 108 cm³/mol. The summed E-state index contributed by atoms with van der Waals surface area (Å²) < 4.78 is 5.88. The van der Waals surface area contributed by atoms with E-state index < -0.39 is 5.60 Å². The number of likely N-dealkylation sites (tertiary alicyclic amines) is 1. The Morgan fingerprint density at radius 1 is 1.07 bits per heavy atom. The summed E-state index contributed by atoms with van der Waals surface area (Å²) in [7, 11) is 0. The monoisotopic (exact) mass is 364 g/mol. The number of nitrogens with zero attached hydrogens (tertiary/aromatic N) is 2. The highest BCUT2D eigenvalue weighted by atomic mass is 16.5. The highest BCUT2D eigenvalue weighted by Gasteiger charge is 2.38. The second kappa shape index (κ2) is 7.10. The van der Waals surface area contributed by atoms with E-state index in [1.165, 1.54) is 5.56 Å². The zero-order valence-electron chi connectivity index (χ0n) is 16.2. The average Bonchev–Trinajstić information content (AvgIpc) is 3.02. The third-order valence-electron chi connectivity index (χ3n) is 5.42. The number of hydrogen-bond donors (Lipinski definition) is 1. The van der Waals surface area contributed by atoms with Gasteiger partial charge in [0.15, 0.2) is 0 Å². The fourth-order valence-electron chi connectivity index (χ4n) is 4.12. The molecule has 27 heavy (non-hydrogen) atoms. The molecule has 2 aliphatic rings. The van der Waals surface area contributed by atoms with E-state index in [4.69, 9.17) is 9.73 Å². The van der Waals surface area contributed by atoms with Crippen molar-refractivity contribution in [1.82, 2.24) is 4.90 Å². The lowest BCUT2D eigenvalue weighted by Crippen LogP contribution is -2.46. The number of aliphatic imine (C=N–C) groups is 1. The zero-order chi connectivity index (χ0) is 18.9. The highest BCUT2D eigenvalue weighted by Crippen LogP contribution is 2.35. The molecule has 1 N–H and O–H groups in total. The van der Waals surface area contributed by atoms with Crippen LogP contribution in [0.1, 0.15) is 43.4 Å². The third-order valence-corrected chi connectivity index (χ3v) is 5.42. The fourth-order valence-corrected chi connectivity index (χ4v) is 4.12. The van der Waals surface area contributed by atoms with Gasteiger partial charge in [-0.2, -0.15) is 0 Å². The van der Waals surface area contributed by atoms with Crippen molar-refractivity contribution in [1.29, 1.82) is 0 Å². The van der Waals surface area contributed by atoms with Gasteiger partial charge in [-0.3, -0.25) is 4.90 Å². The number of benzene rings is 2. The smallest absolute Gasteiger partial charge is 0.217 e. The lowest BCUT2D eigenvalue weighted by molar-refractivity contribution is -0.0383. The zero-order valence-corrected chi connectivity index (χ0v) is 16.2. The Morgan fingerprint density at radius 3 is 2.56 bits per heavy atom. The Balaban J connectivity index is 1.61. The van der Waals surface area contributed by atoms with Crippen LogP contribution in [0.4, 0.5) is 0 Å². The summed E-state index contributed by atoms with van der Waals surface area (Å²) in [5.74, 6) is 0.657. The number of hydrogen-bond acceptors (Lipinski definition) is 4. The van der Waals surface area contributed by atoms with E-state index in [2.05, 4.69) is 43.0 Å². The molecule has 2 aromatic rings. The van der Waals surface area contributed by atoms with E-state index in [9.17, 15) is 5.11 Å². The largest absolute Gasteiger partial charge is 0.475 e. The van der Waals surface area contributed by atoms with Gasteiger partial charge in [0.25, 0.3) is 0 Å². The maximum atomic E-state index is 11.6. The molecule has 1 fully saturated rings. The van der Waals surface area contributed by atoms with Crippen LogP contribution in [0, 0.1) is 0 Å². The first-order chi connectivity index (χ1) is 13.0. The molecule has 0 saturated carbocycles. The minimum absolute atomic E-state index is 0.211. The Kier molecular flexibility index (Phi) is 4.79. The normalized spacial score (nSPS) is 25.1. The van der Waals surface area contributed by atoms with Crippen molar-refractivity contribution in [3.63, 3.8) is 0 Å². The molecule has 0 amide bonds. The number of β-amino-alcohol motifs (C(OH)–C–C–N with tert-alkyl or cyclic N) is 1. The molecule has 4 nitrogen and oxygen atoms in total. The summed E-state index contributed by atoms with van der Waals surface area (Å²) in [5, 5.41) is 11.6. The van der Waals surface area contributed by atoms with Crippen molar-refractivity contribution >= 4 is 5.90 Å². The van der Waals surface area contributed by atoms with Gasteiger partial charge in [0, 0.05) is 18.7 Å². The van der Waals surface area contributed by atoms with E-state index in [0.717, 1.165) is 37.1 Å². The van der Waals surface area contributed by atoms with E-state index in [0.29, 0.717) is 19.0 Å². The standard InChI is InChI=1S/C23H28N2O2/c1-22(2)17-27-21(24-22)19-11-6-7-12-20(19)23(26)13-8-14-25(16-23)15-18-9-4-3-5-10-18/h3-7,9-12,26H,8,13-17H2,1-2H3. The molecule has 0 spiro atoms. The Morgan fingerprint density at radius 2 is 1.81 bits per heavy atom. The number of ether oxygens (including phenoxy) is 1. The first-order valence-electron chi connectivity index (χ1n) is 9.76. The van der Waals surface area contributed by atoms with Crippen molar-refractivity contribution in [3.8, 4) is 0 Å². The van der Waals surface area contributed by atoms with Crippen LogP contribution < -0.4 is 0 Å². The number of rotatable bonds is 4. The summed E-state index contributed by atoms with van der Waals surface area (Å²) in [6.07, 6.45) is 1.72. The highest BCUT2D eigenvalue weighted by molar-refractivity contribution is 5.97. The molecule has 1 atom stereocenters. The second-order valence-electron chi connectivity index (χ2n) is 8.40. The minimum atomic E-state index is -0.887. The molecule has 2 aromatic carbocycles. The van der Waals surface area contributed by atoms with Crippen LogP contribution in [-0.2, 0) is 16.9 Å². The fraction of sp³-hybridized carbons (Fsp3) is 0.435. The van der Waals surface area contributed by atoms with Gasteiger partial charge in [-0.1, -0.05) is 48.5 Å². The first kappa shape index (κ1) is 18.2. The Labute approximate surface area is 161 Å². The lowest BCUT2D eigenvalue weighted by Gasteiger charge is -2.40. The van der Waals surface area contributed by atoms with Gasteiger partial charge < -0.3 is 9.84 Å². The van der Waals surface area contributed by atoms with E-state index in [1.54, 1.807) is 0 Å². The first-order valence-corrected chi connectivity index (χ1v) is 9.76. The van der Waals surface area contributed by atoms with Crippen molar-refractivity contribution in [2.75, 3.05) is 19.7 Å². The molecule has 2 heterocycles. The summed E-state index contributed by atoms with van der Waals surface area (Å²) in [6, 6.07) is 18.5. The minimum Gasteiger partial charge on any atom is -0.475 e. The van der Waals surface area contributed by atoms with Gasteiger partial charge in [-0.05, 0) is 50.4 Å². The molecular formula is C23H28N2O2. The van der Waals surface area contributed by atoms with Crippen molar-refractivity contribution < 1.29 is 9.84 Å². The number of aliphatic hydroxyl groups is 1. The van der Waals surface area contributed by atoms with Gasteiger partial charge in [0.2, 0.25) is 5.90 Å². The molecule has 0 aromatic heterocycles.